The average molecular weight is 339 g/mol. The molecule has 7 heteroatoms. The maximum atomic E-state index is 12.6. The van der Waals surface area contributed by atoms with E-state index in [1.54, 1.807) is 32.2 Å². The van der Waals surface area contributed by atoms with Gasteiger partial charge >= 0.3 is 6.80 Å². The molecule has 0 heterocycles. The van der Waals surface area contributed by atoms with Crippen molar-refractivity contribution in [1.82, 2.24) is 0 Å². The molecule has 0 amide bonds. The van der Waals surface area contributed by atoms with Crippen LogP contribution in [0.15, 0.2) is 18.2 Å². The molecule has 0 aromatic heterocycles. The normalized spacial score (nSPS) is 14.0. The summed E-state index contributed by atoms with van der Waals surface area (Å²) in [4.78, 5) is 0. The van der Waals surface area contributed by atoms with Gasteiger partial charge in [0, 0.05) is 23.4 Å². The van der Waals surface area contributed by atoms with Gasteiger partial charge in [-0.25, -0.2) is 4.57 Å². The SMILES string of the molecule is CCCSP(=O)(OCC)Oc1ccc(Cl)cc1COC. The zero-order chi connectivity index (χ0) is 15.0. The molecular weight excluding hydrogens is 319 g/mol. The van der Waals surface area contributed by atoms with Crippen molar-refractivity contribution < 1.29 is 18.3 Å². The van der Waals surface area contributed by atoms with Gasteiger partial charge in [-0.15, -0.1) is 0 Å². The van der Waals surface area contributed by atoms with Crippen LogP contribution in [0.1, 0.15) is 25.8 Å². The van der Waals surface area contributed by atoms with Crippen LogP contribution in [-0.4, -0.2) is 19.5 Å². The fourth-order valence-electron chi connectivity index (χ4n) is 1.48. The summed E-state index contributed by atoms with van der Waals surface area (Å²) >= 11 is 7.16. The topological polar surface area (TPSA) is 44.8 Å². The van der Waals surface area contributed by atoms with E-state index in [1.165, 1.54) is 11.4 Å². The van der Waals surface area contributed by atoms with E-state index in [2.05, 4.69) is 0 Å². The molecule has 0 radical (unpaired) electrons. The second-order valence-corrected chi connectivity index (χ2v) is 8.53. The Morgan fingerprint density at radius 2 is 2.10 bits per heavy atom. The van der Waals surface area contributed by atoms with Gasteiger partial charge in [0.1, 0.15) is 5.75 Å². The maximum absolute atomic E-state index is 12.6. The van der Waals surface area contributed by atoms with Crippen LogP contribution in [-0.2, 0) is 20.4 Å². The second-order valence-electron chi connectivity index (χ2n) is 3.97. The van der Waals surface area contributed by atoms with Crippen molar-refractivity contribution in [2.24, 2.45) is 0 Å². The first-order chi connectivity index (χ1) is 9.54. The van der Waals surface area contributed by atoms with Gasteiger partial charge in [0.2, 0.25) is 0 Å². The van der Waals surface area contributed by atoms with Crippen molar-refractivity contribution in [3.8, 4) is 5.75 Å². The maximum Gasteiger partial charge on any atom is 0.440 e. The second kappa shape index (κ2) is 8.96. The molecule has 0 saturated carbocycles. The predicted molar refractivity (Wildman–Crippen MR) is 84.8 cm³/mol. The Kier molecular flexibility index (Phi) is 8.00. The third-order valence-corrected chi connectivity index (χ3v) is 6.45. The van der Waals surface area contributed by atoms with E-state index in [4.69, 9.17) is 25.4 Å². The third kappa shape index (κ3) is 5.66. The molecule has 4 nitrogen and oxygen atoms in total. The van der Waals surface area contributed by atoms with Crippen LogP contribution in [0.3, 0.4) is 0 Å². The molecule has 0 saturated heterocycles. The smallest absolute Gasteiger partial charge is 0.417 e. The summed E-state index contributed by atoms with van der Waals surface area (Å²) < 4.78 is 28.7. The highest BCUT2D eigenvalue weighted by Gasteiger charge is 2.27. The third-order valence-electron chi connectivity index (χ3n) is 2.27. The quantitative estimate of drug-likeness (QED) is 0.582. The van der Waals surface area contributed by atoms with E-state index >= 15 is 0 Å². The summed E-state index contributed by atoms with van der Waals surface area (Å²) in [5, 5.41) is 0.580. The Morgan fingerprint density at radius 3 is 2.70 bits per heavy atom. The minimum Gasteiger partial charge on any atom is -0.417 e. The van der Waals surface area contributed by atoms with Crippen LogP contribution in [0.2, 0.25) is 5.02 Å². The number of hydrogen-bond donors (Lipinski definition) is 0. The van der Waals surface area contributed by atoms with E-state index in [-0.39, 0.29) is 0 Å². The van der Waals surface area contributed by atoms with E-state index in [0.717, 1.165) is 12.0 Å². The fraction of sp³-hybridized carbons (Fsp3) is 0.538. The minimum atomic E-state index is -3.21. The number of ether oxygens (including phenoxy) is 1. The lowest BCUT2D eigenvalue weighted by Crippen LogP contribution is -1.99. The first kappa shape index (κ1) is 17.9. The standard InChI is InChI=1S/C13H20ClO4PS/c1-4-8-20-19(15,17-5-2)18-13-7-6-12(14)9-11(13)10-16-3/h6-7,9H,4-5,8,10H2,1-3H3. The Balaban J connectivity index is 2.95. The van der Waals surface area contributed by atoms with Crippen molar-refractivity contribution in [3.63, 3.8) is 0 Å². The molecular formula is C13H20ClO4PS. The van der Waals surface area contributed by atoms with Gasteiger partial charge in [-0.3, -0.25) is 4.52 Å². The molecule has 1 aromatic rings. The van der Waals surface area contributed by atoms with Crippen molar-refractivity contribution in [3.05, 3.63) is 28.8 Å². The number of halogens is 1. The molecule has 0 bridgehead atoms. The van der Waals surface area contributed by atoms with Gasteiger partial charge in [-0.1, -0.05) is 18.5 Å². The van der Waals surface area contributed by atoms with Gasteiger partial charge in [-0.2, -0.15) is 0 Å². The molecule has 0 aliphatic rings. The van der Waals surface area contributed by atoms with Gasteiger partial charge in [0.25, 0.3) is 0 Å². The number of hydrogen-bond acceptors (Lipinski definition) is 5. The molecule has 0 spiro atoms. The summed E-state index contributed by atoms with van der Waals surface area (Å²) in [5.41, 5.74) is 0.747. The average Bonchev–Trinajstić information content (AvgIpc) is 2.40. The van der Waals surface area contributed by atoms with E-state index in [9.17, 15) is 4.57 Å². The predicted octanol–water partition coefficient (Wildman–Crippen LogP) is 5.15. The zero-order valence-corrected chi connectivity index (χ0v) is 14.4. The summed E-state index contributed by atoms with van der Waals surface area (Å²) in [5.74, 6) is 1.20. The minimum absolute atomic E-state index is 0.334. The van der Waals surface area contributed by atoms with Crippen LogP contribution in [0.4, 0.5) is 0 Å². The summed E-state index contributed by atoms with van der Waals surface area (Å²) in [6.45, 7) is 1.27. The van der Waals surface area contributed by atoms with Crippen molar-refractivity contribution in [1.29, 1.82) is 0 Å². The van der Waals surface area contributed by atoms with E-state index in [1.807, 2.05) is 6.92 Å². The summed E-state index contributed by atoms with van der Waals surface area (Å²) in [7, 11) is 1.58. The number of benzene rings is 1. The molecule has 0 aliphatic carbocycles. The molecule has 114 valence electrons. The summed E-state index contributed by atoms with van der Waals surface area (Å²) in [6, 6.07) is 5.12. The zero-order valence-electron chi connectivity index (χ0n) is 11.9. The van der Waals surface area contributed by atoms with Crippen molar-refractivity contribution >= 4 is 29.8 Å². The van der Waals surface area contributed by atoms with Crippen LogP contribution in [0, 0.1) is 0 Å². The molecule has 0 aliphatic heterocycles. The van der Waals surface area contributed by atoms with Crippen LogP contribution >= 0.6 is 29.8 Å². The van der Waals surface area contributed by atoms with Crippen LogP contribution < -0.4 is 4.52 Å². The van der Waals surface area contributed by atoms with Gasteiger partial charge in [0.15, 0.2) is 0 Å². The lowest BCUT2D eigenvalue weighted by atomic mass is 10.2. The fourth-order valence-corrected chi connectivity index (χ4v) is 5.15. The first-order valence-electron chi connectivity index (χ1n) is 6.40. The highest BCUT2D eigenvalue weighted by Crippen LogP contribution is 2.60. The molecule has 1 unspecified atom stereocenters. The Bertz CT molecular complexity index is 470. The molecule has 0 fully saturated rings. The van der Waals surface area contributed by atoms with Crippen molar-refractivity contribution in [2.75, 3.05) is 19.5 Å². The molecule has 0 N–H and O–H groups in total. The van der Waals surface area contributed by atoms with Crippen LogP contribution in [0.5, 0.6) is 5.75 Å². The number of rotatable bonds is 9. The first-order valence-corrected chi connectivity index (χ1v) is 9.91. The molecule has 20 heavy (non-hydrogen) atoms. The molecule has 1 atom stereocenters. The van der Waals surface area contributed by atoms with Crippen molar-refractivity contribution in [2.45, 2.75) is 26.9 Å². The van der Waals surface area contributed by atoms with Gasteiger partial charge in [-0.05, 0) is 42.9 Å². The van der Waals surface area contributed by atoms with Crippen LogP contribution in [0.25, 0.3) is 0 Å². The molecule has 1 rings (SSSR count). The largest absolute Gasteiger partial charge is 0.440 e. The Hall–Kier alpha value is -0.190. The monoisotopic (exact) mass is 338 g/mol. The summed E-state index contributed by atoms with van der Waals surface area (Å²) in [6.07, 6.45) is 0.899. The van der Waals surface area contributed by atoms with Gasteiger partial charge in [0.05, 0.1) is 13.2 Å². The van der Waals surface area contributed by atoms with Gasteiger partial charge < -0.3 is 9.26 Å². The molecule has 1 aromatic carbocycles. The number of methoxy groups -OCH3 is 1. The Labute approximate surface area is 129 Å². The van der Waals surface area contributed by atoms with E-state index in [0.29, 0.717) is 29.7 Å². The van der Waals surface area contributed by atoms with E-state index < -0.39 is 6.80 Å². The highest BCUT2D eigenvalue weighted by molar-refractivity contribution is 8.55. The lowest BCUT2D eigenvalue weighted by molar-refractivity contribution is 0.182. The Morgan fingerprint density at radius 1 is 1.35 bits per heavy atom. The highest BCUT2D eigenvalue weighted by atomic mass is 35.5. The lowest BCUT2D eigenvalue weighted by Gasteiger charge is -2.19.